The number of hydrogen-bond donors (Lipinski definition) is 0. The van der Waals surface area contributed by atoms with Crippen LogP contribution in [0.3, 0.4) is 0 Å². The number of carbonyl (C=O) groups excluding carboxylic acids is 1. The van der Waals surface area contributed by atoms with Crippen molar-refractivity contribution in [2.45, 2.75) is 31.7 Å². The molecule has 2 aliphatic rings. The zero-order valence-corrected chi connectivity index (χ0v) is 15.2. The molecule has 5 nitrogen and oxygen atoms in total. The first kappa shape index (κ1) is 17.5. The lowest BCUT2D eigenvalue weighted by Gasteiger charge is -2.43. The summed E-state index contributed by atoms with van der Waals surface area (Å²) >= 11 is 5.51. The van der Waals surface area contributed by atoms with E-state index < -0.39 is 17.2 Å². The Labute approximate surface area is 160 Å². The third-order valence-corrected chi connectivity index (χ3v) is 5.51. The van der Waals surface area contributed by atoms with Crippen LogP contribution in [0.5, 0.6) is 0 Å². The van der Waals surface area contributed by atoms with Gasteiger partial charge in [0, 0.05) is 6.07 Å². The standard InChI is InChI=1S/C19H14F2N4OS/c1-11-8-13(10-23-16(11)22-2)24-17(26)19(6-3-7-19)25(18(24)27)15-9-12(20)4-5-14(15)21/h4-5,8-10H,3,6-7H2,1H3. The maximum atomic E-state index is 14.5. The molecule has 8 heteroatoms. The average molecular weight is 384 g/mol. The molecule has 1 spiro atoms. The lowest BCUT2D eigenvalue weighted by Crippen LogP contribution is -2.55. The first-order valence-electron chi connectivity index (χ1n) is 8.37. The summed E-state index contributed by atoms with van der Waals surface area (Å²) in [6.07, 6.45) is 3.21. The van der Waals surface area contributed by atoms with Crippen LogP contribution in [0, 0.1) is 25.1 Å². The Hall–Kier alpha value is -2.92. The molecule has 1 aromatic carbocycles. The summed E-state index contributed by atoms with van der Waals surface area (Å²) in [6, 6.07) is 4.77. The van der Waals surface area contributed by atoms with Crippen molar-refractivity contribution >= 4 is 40.4 Å². The number of rotatable bonds is 2. The van der Waals surface area contributed by atoms with E-state index in [0.29, 0.717) is 24.1 Å². The summed E-state index contributed by atoms with van der Waals surface area (Å²) in [5.74, 6) is -1.28. The maximum Gasteiger partial charge on any atom is 0.272 e. The largest absolute Gasteiger partial charge is 0.360 e. The minimum atomic E-state index is -1.00. The molecule has 0 radical (unpaired) electrons. The fourth-order valence-electron chi connectivity index (χ4n) is 3.63. The van der Waals surface area contributed by atoms with Gasteiger partial charge in [0.1, 0.15) is 23.4 Å². The summed E-state index contributed by atoms with van der Waals surface area (Å²) < 4.78 is 28.3. The lowest BCUT2D eigenvalue weighted by molar-refractivity contribution is -0.123. The molecule has 1 amide bonds. The second-order valence-electron chi connectivity index (χ2n) is 6.69. The van der Waals surface area contributed by atoms with Crippen molar-refractivity contribution in [1.82, 2.24) is 4.98 Å². The minimum Gasteiger partial charge on any atom is -0.360 e. The predicted octanol–water partition coefficient (Wildman–Crippen LogP) is 4.28. The van der Waals surface area contributed by atoms with E-state index in [-0.39, 0.29) is 22.5 Å². The van der Waals surface area contributed by atoms with Crippen LogP contribution in [-0.4, -0.2) is 21.5 Å². The second-order valence-corrected chi connectivity index (χ2v) is 7.05. The summed E-state index contributed by atoms with van der Waals surface area (Å²) in [5.41, 5.74) is -0.0207. The number of carbonyl (C=O) groups is 1. The molecule has 2 aromatic rings. The highest BCUT2D eigenvalue weighted by molar-refractivity contribution is 7.81. The fourth-order valence-corrected chi connectivity index (χ4v) is 4.09. The first-order valence-corrected chi connectivity index (χ1v) is 8.78. The number of pyridine rings is 1. The Morgan fingerprint density at radius 3 is 2.63 bits per heavy atom. The van der Waals surface area contributed by atoms with Crippen LogP contribution in [0.4, 0.5) is 26.0 Å². The zero-order valence-electron chi connectivity index (χ0n) is 14.4. The van der Waals surface area contributed by atoms with E-state index in [9.17, 15) is 13.6 Å². The highest BCUT2D eigenvalue weighted by Gasteiger charge is 2.60. The Bertz CT molecular complexity index is 1030. The Morgan fingerprint density at radius 1 is 1.30 bits per heavy atom. The number of hydrogen-bond acceptors (Lipinski definition) is 3. The fraction of sp³-hybridized carbons (Fsp3) is 0.263. The van der Waals surface area contributed by atoms with Crippen molar-refractivity contribution in [2.75, 3.05) is 9.80 Å². The van der Waals surface area contributed by atoms with Crippen LogP contribution >= 0.6 is 12.2 Å². The molecule has 0 atom stereocenters. The number of anilines is 2. The number of aryl methyl sites for hydroxylation is 1. The smallest absolute Gasteiger partial charge is 0.272 e. The Kier molecular flexibility index (Phi) is 3.93. The predicted molar refractivity (Wildman–Crippen MR) is 101 cm³/mol. The summed E-state index contributed by atoms with van der Waals surface area (Å²) in [4.78, 5) is 23.4. The van der Waals surface area contributed by atoms with Gasteiger partial charge in [-0.3, -0.25) is 14.6 Å². The molecule has 1 saturated heterocycles. The molecule has 136 valence electrons. The van der Waals surface area contributed by atoms with Gasteiger partial charge in [-0.25, -0.2) is 8.78 Å². The molecule has 2 fully saturated rings. The van der Waals surface area contributed by atoms with E-state index in [1.54, 1.807) is 13.0 Å². The lowest BCUT2D eigenvalue weighted by atomic mass is 9.75. The van der Waals surface area contributed by atoms with Gasteiger partial charge in [0.05, 0.1) is 11.4 Å². The first-order chi connectivity index (χ1) is 12.9. The molecule has 1 aliphatic carbocycles. The van der Waals surface area contributed by atoms with Crippen molar-refractivity contribution in [2.24, 2.45) is 0 Å². The van der Waals surface area contributed by atoms with Crippen LogP contribution < -0.4 is 9.80 Å². The maximum absolute atomic E-state index is 14.5. The molecule has 2 heterocycles. The average Bonchev–Trinajstić information content (AvgIpc) is 2.84. The molecule has 0 N–H and O–H groups in total. The molecular formula is C19H14F2N4OS. The number of benzene rings is 1. The van der Waals surface area contributed by atoms with Gasteiger partial charge in [-0.05, 0) is 62.2 Å². The zero-order chi connectivity index (χ0) is 19.3. The van der Waals surface area contributed by atoms with Gasteiger partial charge < -0.3 is 4.85 Å². The van der Waals surface area contributed by atoms with E-state index in [1.165, 1.54) is 16.0 Å². The van der Waals surface area contributed by atoms with E-state index in [2.05, 4.69) is 9.83 Å². The third kappa shape index (κ3) is 2.42. The second kappa shape index (κ2) is 6.06. The van der Waals surface area contributed by atoms with E-state index >= 15 is 0 Å². The van der Waals surface area contributed by atoms with Gasteiger partial charge in [-0.1, -0.05) is 6.57 Å². The van der Waals surface area contributed by atoms with Gasteiger partial charge in [-0.15, -0.1) is 4.98 Å². The number of aromatic nitrogens is 1. The quantitative estimate of drug-likeness (QED) is 0.572. The van der Waals surface area contributed by atoms with E-state index in [4.69, 9.17) is 18.8 Å². The Balaban J connectivity index is 1.84. The van der Waals surface area contributed by atoms with Crippen LogP contribution in [-0.2, 0) is 4.79 Å². The number of thiocarbonyl (C=S) groups is 1. The van der Waals surface area contributed by atoms with Crippen molar-refractivity contribution in [3.63, 3.8) is 0 Å². The molecule has 1 saturated carbocycles. The van der Waals surface area contributed by atoms with Crippen LogP contribution in [0.15, 0.2) is 30.5 Å². The van der Waals surface area contributed by atoms with Gasteiger partial charge in [-0.2, -0.15) is 0 Å². The molecule has 0 bridgehead atoms. The monoisotopic (exact) mass is 384 g/mol. The van der Waals surface area contributed by atoms with Crippen molar-refractivity contribution in [1.29, 1.82) is 0 Å². The summed E-state index contributed by atoms with van der Waals surface area (Å²) in [5, 5.41) is 0.0842. The van der Waals surface area contributed by atoms with Crippen LogP contribution in [0.2, 0.25) is 0 Å². The summed E-state index contributed by atoms with van der Waals surface area (Å²) in [6.45, 7) is 8.82. The number of nitrogens with zero attached hydrogens (tertiary/aromatic N) is 4. The van der Waals surface area contributed by atoms with E-state index in [1.807, 2.05) is 0 Å². The highest BCUT2D eigenvalue weighted by atomic mass is 32.1. The number of amides is 1. The number of halogens is 2. The van der Waals surface area contributed by atoms with Crippen molar-refractivity contribution < 1.29 is 13.6 Å². The topological polar surface area (TPSA) is 40.8 Å². The normalized spacial score (nSPS) is 18.0. The van der Waals surface area contributed by atoms with Crippen LogP contribution in [0.25, 0.3) is 4.85 Å². The molecule has 4 rings (SSSR count). The van der Waals surface area contributed by atoms with Gasteiger partial charge >= 0.3 is 0 Å². The van der Waals surface area contributed by atoms with Crippen molar-refractivity contribution in [3.05, 3.63) is 59.1 Å². The Morgan fingerprint density at radius 2 is 2.04 bits per heavy atom. The van der Waals surface area contributed by atoms with Gasteiger partial charge in [0.25, 0.3) is 11.7 Å². The minimum absolute atomic E-state index is 0.0435. The molecule has 0 unspecified atom stereocenters. The molecule has 1 aliphatic heterocycles. The van der Waals surface area contributed by atoms with Crippen molar-refractivity contribution in [3.8, 4) is 0 Å². The highest BCUT2D eigenvalue weighted by Crippen LogP contribution is 2.48. The molecule has 27 heavy (non-hydrogen) atoms. The SMILES string of the molecule is [C-]#[N+]c1ncc(N2C(=O)C3(CCC3)N(c3cc(F)ccc3F)C2=S)cc1C. The van der Waals surface area contributed by atoms with Gasteiger partial charge in [0.2, 0.25) is 0 Å². The molecular weight excluding hydrogens is 370 g/mol. The third-order valence-electron chi connectivity index (χ3n) is 5.14. The molecule has 1 aromatic heterocycles. The summed E-state index contributed by atoms with van der Waals surface area (Å²) in [7, 11) is 0. The van der Waals surface area contributed by atoms with Gasteiger partial charge in [0.15, 0.2) is 5.11 Å². The van der Waals surface area contributed by atoms with E-state index in [0.717, 1.165) is 24.6 Å². The van der Waals surface area contributed by atoms with Crippen LogP contribution in [0.1, 0.15) is 24.8 Å².